The van der Waals surface area contributed by atoms with E-state index in [2.05, 4.69) is 20.1 Å². The Morgan fingerprint density at radius 3 is 2.77 bits per heavy atom. The van der Waals surface area contributed by atoms with Crippen LogP contribution in [0.5, 0.6) is 0 Å². The van der Waals surface area contributed by atoms with Crippen LogP contribution in [0.1, 0.15) is 42.0 Å². The molecule has 190 valence electrons. The Labute approximate surface area is 210 Å². The van der Waals surface area contributed by atoms with Gasteiger partial charge in [0.15, 0.2) is 17.3 Å². The van der Waals surface area contributed by atoms with E-state index in [1.54, 1.807) is 11.8 Å². The molecule has 0 radical (unpaired) electrons. The number of rotatable bonds is 7. The number of alkyl halides is 3. The molecule has 1 aliphatic carbocycles. The van der Waals surface area contributed by atoms with E-state index in [0.717, 1.165) is 61.6 Å². The molecule has 1 spiro atoms. The van der Waals surface area contributed by atoms with Crippen molar-refractivity contribution in [1.29, 1.82) is 0 Å². The molecule has 1 saturated heterocycles. The SMILES string of the molecule is Cc1ncoc1-c1nnc(SCCCN2CC[C@@]3(C[C@H]3c3ccc(F)cc3C(F)(F)F)C2)n1C.Cl. The second-order valence-corrected chi connectivity index (χ2v) is 10.3. The number of aryl methyl sites for hydroxylation is 1. The molecule has 2 fully saturated rings. The molecule has 0 amide bonds. The van der Waals surface area contributed by atoms with Gasteiger partial charge >= 0.3 is 6.18 Å². The molecule has 1 aliphatic heterocycles. The van der Waals surface area contributed by atoms with Gasteiger partial charge in [0, 0.05) is 19.3 Å². The van der Waals surface area contributed by atoms with Crippen LogP contribution in [0.15, 0.2) is 34.2 Å². The smallest absolute Gasteiger partial charge is 0.416 e. The van der Waals surface area contributed by atoms with Crippen LogP contribution in [0.25, 0.3) is 11.6 Å². The van der Waals surface area contributed by atoms with Gasteiger partial charge in [-0.05, 0) is 68.3 Å². The second kappa shape index (κ2) is 9.74. The van der Waals surface area contributed by atoms with Gasteiger partial charge in [-0.25, -0.2) is 9.37 Å². The third-order valence-electron chi connectivity index (χ3n) is 6.98. The molecule has 1 saturated carbocycles. The number of benzene rings is 1. The van der Waals surface area contributed by atoms with Gasteiger partial charge in [0.1, 0.15) is 5.82 Å². The van der Waals surface area contributed by atoms with Gasteiger partial charge in [-0.15, -0.1) is 22.6 Å². The first-order chi connectivity index (χ1) is 16.2. The summed E-state index contributed by atoms with van der Waals surface area (Å²) in [7, 11) is 1.89. The van der Waals surface area contributed by atoms with Crippen LogP contribution in [-0.2, 0) is 13.2 Å². The first kappa shape index (κ1) is 26.0. The van der Waals surface area contributed by atoms with E-state index in [1.807, 2.05) is 18.5 Å². The molecule has 35 heavy (non-hydrogen) atoms. The maximum Gasteiger partial charge on any atom is 0.416 e. The van der Waals surface area contributed by atoms with Crippen molar-refractivity contribution in [3.05, 3.63) is 47.2 Å². The molecule has 2 aliphatic rings. The molecule has 12 heteroatoms. The van der Waals surface area contributed by atoms with Crippen LogP contribution in [-0.4, -0.2) is 50.0 Å². The molecule has 0 bridgehead atoms. The van der Waals surface area contributed by atoms with Gasteiger partial charge in [0.05, 0.1) is 11.3 Å². The Hall–Kier alpha value is -2.11. The molecule has 3 heterocycles. The summed E-state index contributed by atoms with van der Waals surface area (Å²) in [4.78, 5) is 6.42. The van der Waals surface area contributed by atoms with Gasteiger partial charge in [-0.1, -0.05) is 17.8 Å². The molecule has 3 aromatic rings. The average Bonchev–Trinajstić information content (AvgIpc) is 3.07. The van der Waals surface area contributed by atoms with Gasteiger partial charge < -0.3 is 13.9 Å². The Morgan fingerprint density at radius 1 is 1.26 bits per heavy atom. The Morgan fingerprint density at radius 2 is 2.06 bits per heavy atom. The molecule has 2 aromatic heterocycles. The van der Waals surface area contributed by atoms with E-state index >= 15 is 0 Å². The van der Waals surface area contributed by atoms with E-state index in [1.165, 1.54) is 12.5 Å². The summed E-state index contributed by atoms with van der Waals surface area (Å²) >= 11 is 1.61. The fourth-order valence-electron chi connectivity index (χ4n) is 5.10. The van der Waals surface area contributed by atoms with Crippen LogP contribution in [0.2, 0.25) is 0 Å². The van der Waals surface area contributed by atoms with E-state index in [-0.39, 0.29) is 29.3 Å². The van der Waals surface area contributed by atoms with Crippen molar-refractivity contribution in [3.8, 4) is 11.6 Å². The lowest BCUT2D eigenvalue weighted by Gasteiger charge is -2.17. The van der Waals surface area contributed by atoms with Crippen LogP contribution >= 0.6 is 24.2 Å². The average molecular weight is 532 g/mol. The van der Waals surface area contributed by atoms with Crippen molar-refractivity contribution in [2.75, 3.05) is 25.4 Å². The number of oxazole rings is 1. The third kappa shape index (κ3) is 5.08. The standard InChI is InChI=1S/C23H25F4N5OS.ClH/c1-14-19(33-13-28-14)20-29-30-21(31(20)2)34-9-3-7-32-8-6-22(12-32)11-18(22)16-5-4-15(24)10-17(16)23(25,26)27;/h4-5,10,13,18H,3,6-9,11-12H2,1-2H3;1H/t18-,22+;/m0./s1. The lowest BCUT2D eigenvalue weighted by Crippen LogP contribution is -2.23. The Bertz CT molecular complexity index is 1200. The summed E-state index contributed by atoms with van der Waals surface area (Å²) in [5, 5.41) is 9.26. The lowest BCUT2D eigenvalue weighted by atomic mass is 9.94. The van der Waals surface area contributed by atoms with Crippen LogP contribution in [0.4, 0.5) is 17.6 Å². The zero-order valence-electron chi connectivity index (χ0n) is 19.3. The number of hydrogen-bond donors (Lipinski definition) is 0. The van der Waals surface area contributed by atoms with E-state index < -0.39 is 17.6 Å². The summed E-state index contributed by atoms with van der Waals surface area (Å²) in [6.07, 6.45) is -0.611. The fraction of sp³-hybridized carbons (Fsp3) is 0.522. The number of halogens is 5. The largest absolute Gasteiger partial charge is 0.440 e. The van der Waals surface area contributed by atoms with E-state index in [0.29, 0.717) is 17.7 Å². The number of thioether (sulfide) groups is 1. The van der Waals surface area contributed by atoms with Crippen molar-refractivity contribution in [1.82, 2.24) is 24.6 Å². The predicted octanol–water partition coefficient (Wildman–Crippen LogP) is 5.72. The fourth-order valence-corrected chi connectivity index (χ4v) is 5.93. The predicted molar refractivity (Wildman–Crippen MR) is 126 cm³/mol. The van der Waals surface area contributed by atoms with E-state index in [9.17, 15) is 17.6 Å². The van der Waals surface area contributed by atoms with Crippen molar-refractivity contribution < 1.29 is 22.0 Å². The normalized spacial score (nSPS) is 22.1. The van der Waals surface area contributed by atoms with E-state index in [4.69, 9.17) is 4.42 Å². The molecular formula is C23H26ClF4N5OS. The first-order valence-corrected chi connectivity index (χ1v) is 12.2. The Balaban J connectivity index is 0.00000289. The number of nitrogens with zero attached hydrogens (tertiary/aromatic N) is 5. The quantitative estimate of drug-likeness (QED) is 0.221. The van der Waals surface area contributed by atoms with Crippen molar-refractivity contribution >= 4 is 24.2 Å². The first-order valence-electron chi connectivity index (χ1n) is 11.2. The van der Waals surface area contributed by atoms with Crippen LogP contribution in [0.3, 0.4) is 0 Å². The maximum absolute atomic E-state index is 13.5. The molecule has 2 atom stereocenters. The molecule has 1 aromatic carbocycles. The highest BCUT2D eigenvalue weighted by Crippen LogP contribution is 2.65. The van der Waals surface area contributed by atoms with Crippen molar-refractivity contribution in [3.63, 3.8) is 0 Å². The highest BCUT2D eigenvalue weighted by atomic mass is 35.5. The Kier molecular flexibility index (Phi) is 7.23. The minimum atomic E-state index is -4.54. The third-order valence-corrected chi connectivity index (χ3v) is 8.09. The molecule has 0 N–H and O–H groups in total. The van der Waals surface area contributed by atoms with Crippen LogP contribution in [0, 0.1) is 18.2 Å². The summed E-state index contributed by atoms with van der Waals surface area (Å²) in [5.41, 5.74) is 0.0638. The van der Waals surface area contributed by atoms with Gasteiger partial charge in [-0.2, -0.15) is 13.2 Å². The lowest BCUT2D eigenvalue weighted by molar-refractivity contribution is -0.138. The number of aromatic nitrogens is 4. The minimum absolute atomic E-state index is 0. The zero-order valence-corrected chi connectivity index (χ0v) is 20.9. The van der Waals surface area contributed by atoms with Gasteiger partial charge in [-0.3, -0.25) is 0 Å². The van der Waals surface area contributed by atoms with Crippen molar-refractivity contribution in [2.24, 2.45) is 12.5 Å². The summed E-state index contributed by atoms with van der Waals surface area (Å²) in [6.45, 7) is 4.40. The molecule has 0 unspecified atom stereocenters. The van der Waals surface area contributed by atoms with Crippen molar-refractivity contribution in [2.45, 2.75) is 43.4 Å². The summed E-state index contributed by atoms with van der Waals surface area (Å²) in [6, 6.07) is 3.10. The minimum Gasteiger partial charge on any atom is -0.440 e. The number of likely N-dealkylation sites (tertiary alicyclic amines) is 1. The highest BCUT2D eigenvalue weighted by Gasteiger charge is 2.59. The summed E-state index contributed by atoms with van der Waals surface area (Å²) in [5.74, 6) is 1.10. The molecule has 6 nitrogen and oxygen atoms in total. The van der Waals surface area contributed by atoms with Crippen LogP contribution < -0.4 is 0 Å². The molecule has 5 rings (SSSR count). The topological polar surface area (TPSA) is 60.0 Å². The second-order valence-electron chi connectivity index (χ2n) is 9.21. The zero-order chi connectivity index (χ0) is 24.1. The molecular weight excluding hydrogens is 506 g/mol. The summed E-state index contributed by atoms with van der Waals surface area (Å²) < 4.78 is 61.1. The maximum atomic E-state index is 13.5. The van der Waals surface area contributed by atoms with Gasteiger partial charge in [0.25, 0.3) is 0 Å². The van der Waals surface area contributed by atoms with Gasteiger partial charge in [0.2, 0.25) is 5.82 Å². The highest BCUT2D eigenvalue weighted by molar-refractivity contribution is 7.99. The number of hydrogen-bond acceptors (Lipinski definition) is 6. The monoisotopic (exact) mass is 531 g/mol.